The van der Waals surface area contributed by atoms with E-state index in [-0.39, 0.29) is 18.5 Å². The maximum absolute atomic E-state index is 13.6. The van der Waals surface area contributed by atoms with Crippen molar-refractivity contribution in [3.05, 3.63) is 71.7 Å². The summed E-state index contributed by atoms with van der Waals surface area (Å²) in [7, 11) is 0. The number of fused-ring (bicyclic) bond motifs is 1. The molecule has 1 saturated heterocycles. The zero-order valence-corrected chi connectivity index (χ0v) is 18.4. The summed E-state index contributed by atoms with van der Waals surface area (Å²) in [6, 6.07) is 17.0. The van der Waals surface area contributed by atoms with E-state index < -0.39 is 0 Å². The quantitative estimate of drug-likeness (QED) is 0.482. The molecule has 1 N–H and O–H groups in total. The fourth-order valence-corrected chi connectivity index (χ4v) is 4.61. The maximum Gasteiger partial charge on any atom is 0.166 e. The highest BCUT2D eigenvalue weighted by atomic mass is 19.1. The Kier molecular flexibility index (Phi) is 5.39. The predicted octanol–water partition coefficient (Wildman–Crippen LogP) is 5.03. The van der Waals surface area contributed by atoms with Crippen LogP contribution in [0.15, 0.2) is 54.6 Å². The van der Waals surface area contributed by atoms with Crippen molar-refractivity contribution < 1.29 is 9.50 Å². The van der Waals surface area contributed by atoms with Gasteiger partial charge in [0.2, 0.25) is 0 Å². The number of anilines is 1. The number of aromatic nitrogens is 3. The van der Waals surface area contributed by atoms with Crippen LogP contribution in [0.3, 0.4) is 0 Å². The van der Waals surface area contributed by atoms with E-state index >= 15 is 0 Å². The van der Waals surface area contributed by atoms with Crippen LogP contribution in [-0.2, 0) is 6.42 Å². The van der Waals surface area contributed by atoms with Gasteiger partial charge in [-0.2, -0.15) is 5.10 Å². The molecule has 0 spiro atoms. The fourth-order valence-electron chi connectivity index (χ4n) is 4.61. The zero-order chi connectivity index (χ0) is 22.2. The molecule has 0 aliphatic carbocycles. The molecule has 1 aliphatic rings. The smallest absolute Gasteiger partial charge is 0.166 e. The summed E-state index contributed by atoms with van der Waals surface area (Å²) < 4.78 is 15.5. The minimum absolute atomic E-state index is 0.0578. The highest BCUT2D eigenvalue weighted by molar-refractivity contribution is 5.83. The van der Waals surface area contributed by atoms with Gasteiger partial charge in [0.1, 0.15) is 11.6 Å². The summed E-state index contributed by atoms with van der Waals surface area (Å²) in [5.41, 5.74) is 6.80. The maximum atomic E-state index is 13.6. The lowest BCUT2D eigenvalue weighted by Crippen LogP contribution is -2.32. The number of halogens is 1. The average Bonchev–Trinajstić information content (AvgIpc) is 3.44. The summed E-state index contributed by atoms with van der Waals surface area (Å²) in [5, 5.41) is 14.8. The van der Waals surface area contributed by atoms with Crippen molar-refractivity contribution in [1.82, 2.24) is 14.6 Å². The first kappa shape index (κ1) is 20.6. The number of aliphatic hydroxyl groups is 1. The fraction of sp³-hybridized carbons (Fsp3) is 0.308. The van der Waals surface area contributed by atoms with Gasteiger partial charge >= 0.3 is 0 Å². The second-order valence-corrected chi connectivity index (χ2v) is 8.46. The van der Waals surface area contributed by atoms with E-state index in [1.807, 2.05) is 10.6 Å². The molecular weight excluding hydrogens is 403 g/mol. The normalized spacial score (nSPS) is 16.2. The molecule has 0 radical (unpaired) electrons. The first-order valence-corrected chi connectivity index (χ1v) is 11.2. The molecule has 32 heavy (non-hydrogen) atoms. The second kappa shape index (κ2) is 8.36. The molecule has 0 amide bonds. The van der Waals surface area contributed by atoms with E-state index in [4.69, 9.17) is 10.1 Å². The monoisotopic (exact) mass is 430 g/mol. The largest absolute Gasteiger partial charge is 0.394 e. The zero-order valence-electron chi connectivity index (χ0n) is 18.4. The van der Waals surface area contributed by atoms with Crippen LogP contribution in [0.25, 0.3) is 28.0 Å². The van der Waals surface area contributed by atoms with Gasteiger partial charge < -0.3 is 10.0 Å². The predicted molar refractivity (Wildman–Crippen MR) is 125 cm³/mol. The first-order valence-electron chi connectivity index (χ1n) is 11.2. The van der Waals surface area contributed by atoms with Gasteiger partial charge in [0.15, 0.2) is 5.65 Å². The molecule has 164 valence electrons. The Labute approximate surface area is 187 Å². The standard InChI is InChI=1S/C26H27FN4O/c1-3-22-25(19-8-6-17(2)7-9-19)26-28-24(30-14-4-5-21(30)16-32)15-23(31(26)29-22)18-10-12-20(27)13-11-18/h6-13,15,21,32H,3-5,14,16H2,1-2H3/t21-/m0/s1. The molecule has 3 heterocycles. The van der Waals surface area contributed by atoms with Gasteiger partial charge in [0, 0.05) is 23.7 Å². The van der Waals surface area contributed by atoms with E-state index in [9.17, 15) is 9.50 Å². The van der Waals surface area contributed by atoms with Crippen LogP contribution < -0.4 is 4.90 Å². The number of aryl methyl sites for hydroxylation is 2. The van der Waals surface area contributed by atoms with Crippen LogP contribution in [0.4, 0.5) is 10.2 Å². The molecule has 1 fully saturated rings. The topological polar surface area (TPSA) is 53.7 Å². The van der Waals surface area contributed by atoms with Gasteiger partial charge in [-0.25, -0.2) is 13.9 Å². The minimum Gasteiger partial charge on any atom is -0.394 e. The number of aliphatic hydroxyl groups excluding tert-OH is 1. The van der Waals surface area contributed by atoms with Gasteiger partial charge in [-0.3, -0.25) is 0 Å². The molecule has 0 bridgehead atoms. The lowest BCUT2D eigenvalue weighted by atomic mass is 10.0. The Morgan fingerprint density at radius 2 is 1.78 bits per heavy atom. The van der Waals surface area contributed by atoms with Gasteiger partial charge in [-0.15, -0.1) is 0 Å². The Balaban J connectivity index is 1.79. The summed E-state index contributed by atoms with van der Waals surface area (Å²) in [4.78, 5) is 7.25. The van der Waals surface area contributed by atoms with Crippen molar-refractivity contribution >= 4 is 11.5 Å². The number of benzene rings is 2. The van der Waals surface area contributed by atoms with Crippen molar-refractivity contribution in [3.8, 4) is 22.4 Å². The van der Waals surface area contributed by atoms with E-state index in [0.717, 1.165) is 65.4 Å². The minimum atomic E-state index is -0.269. The van der Waals surface area contributed by atoms with Crippen LogP contribution >= 0.6 is 0 Å². The average molecular weight is 431 g/mol. The second-order valence-electron chi connectivity index (χ2n) is 8.46. The third kappa shape index (κ3) is 3.54. The summed E-state index contributed by atoms with van der Waals surface area (Å²) in [6.07, 6.45) is 2.74. The molecule has 2 aromatic carbocycles. The van der Waals surface area contributed by atoms with Crippen molar-refractivity contribution in [2.24, 2.45) is 0 Å². The van der Waals surface area contributed by atoms with Crippen LogP contribution in [0.5, 0.6) is 0 Å². The number of hydrogen-bond donors (Lipinski definition) is 1. The van der Waals surface area contributed by atoms with Gasteiger partial charge in [0.25, 0.3) is 0 Å². The Morgan fingerprint density at radius 3 is 2.47 bits per heavy atom. The molecule has 1 aliphatic heterocycles. The molecule has 1 atom stereocenters. The van der Waals surface area contributed by atoms with Crippen molar-refractivity contribution in [1.29, 1.82) is 0 Å². The SMILES string of the molecule is CCc1nn2c(-c3ccc(F)cc3)cc(N3CCC[C@H]3CO)nc2c1-c1ccc(C)cc1. The molecule has 2 aromatic heterocycles. The number of hydrogen-bond acceptors (Lipinski definition) is 4. The van der Waals surface area contributed by atoms with Crippen LogP contribution in [0.1, 0.15) is 31.0 Å². The summed E-state index contributed by atoms with van der Waals surface area (Å²) in [5.74, 6) is 0.554. The molecule has 5 rings (SSSR count). The Hall–Kier alpha value is -3.25. The van der Waals surface area contributed by atoms with Crippen LogP contribution in [-0.4, -0.2) is 38.9 Å². The van der Waals surface area contributed by atoms with Crippen LogP contribution in [0.2, 0.25) is 0 Å². The number of nitrogens with zero attached hydrogens (tertiary/aromatic N) is 4. The van der Waals surface area contributed by atoms with Gasteiger partial charge in [-0.1, -0.05) is 36.8 Å². The van der Waals surface area contributed by atoms with Crippen molar-refractivity contribution in [2.75, 3.05) is 18.1 Å². The number of rotatable bonds is 5. The molecular formula is C26H27FN4O. The van der Waals surface area contributed by atoms with Crippen molar-refractivity contribution in [3.63, 3.8) is 0 Å². The molecule has 6 heteroatoms. The van der Waals surface area contributed by atoms with Gasteiger partial charge in [0.05, 0.1) is 24.0 Å². The first-order chi connectivity index (χ1) is 15.6. The highest BCUT2D eigenvalue weighted by Crippen LogP contribution is 2.35. The third-order valence-electron chi connectivity index (χ3n) is 6.35. The van der Waals surface area contributed by atoms with Crippen molar-refractivity contribution in [2.45, 2.75) is 39.2 Å². The van der Waals surface area contributed by atoms with E-state index in [1.165, 1.54) is 17.7 Å². The lowest BCUT2D eigenvalue weighted by molar-refractivity contribution is 0.266. The van der Waals surface area contributed by atoms with E-state index in [0.29, 0.717) is 0 Å². The van der Waals surface area contributed by atoms with Gasteiger partial charge in [-0.05, 0) is 56.0 Å². The van der Waals surface area contributed by atoms with E-state index in [1.54, 1.807) is 12.1 Å². The molecule has 4 aromatic rings. The Morgan fingerprint density at radius 1 is 1.06 bits per heavy atom. The highest BCUT2D eigenvalue weighted by Gasteiger charge is 2.27. The van der Waals surface area contributed by atoms with E-state index in [2.05, 4.69) is 43.0 Å². The molecule has 5 nitrogen and oxygen atoms in total. The molecule has 0 unspecified atom stereocenters. The summed E-state index contributed by atoms with van der Waals surface area (Å²) >= 11 is 0. The third-order valence-corrected chi connectivity index (χ3v) is 6.35. The summed E-state index contributed by atoms with van der Waals surface area (Å²) in [6.45, 7) is 5.13. The Bertz CT molecular complexity index is 1250. The molecule has 0 saturated carbocycles. The lowest BCUT2D eigenvalue weighted by Gasteiger charge is -2.25. The van der Waals surface area contributed by atoms with Crippen LogP contribution in [0, 0.1) is 12.7 Å².